The Morgan fingerprint density at radius 3 is 2.58 bits per heavy atom. The van der Waals surface area contributed by atoms with E-state index in [-0.39, 0.29) is 0 Å². The van der Waals surface area contributed by atoms with Gasteiger partial charge < -0.3 is 4.90 Å². The number of halogens is 1. The maximum absolute atomic E-state index is 4.60. The van der Waals surface area contributed by atoms with Gasteiger partial charge in [0, 0.05) is 25.5 Å². The number of rotatable bonds is 2. The van der Waals surface area contributed by atoms with E-state index in [2.05, 4.69) is 40.2 Å². The molecule has 1 aliphatic rings. The van der Waals surface area contributed by atoms with Crippen molar-refractivity contribution in [2.24, 2.45) is 0 Å². The second kappa shape index (κ2) is 7.75. The number of aromatic nitrogens is 4. The number of imidazole rings is 1. The quantitative estimate of drug-likeness (QED) is 0.604. The van der Waals surface area contributed by atoms with E-state index in [9.17, 15) is 0 Å². The molecule has 0 aliphatic carbocycles. The van der Waals surface area contributed by atoms with Crippen LogP contribution < -0.4 is 4.90 Å². The van der Waals surface area contributed by atoms with E-state index in [1.807, 2.05) is 50.6 Å². The van der Waals surface area contributed by atoms with E-state index >= 15 is 0 Å². The smallest absolute Gasteiger partial charge is 0.180 e. The Labute approximate surface area is 150 Å². The van der Waals surface area contributed by atoms with Gasteiger partial charge in [-0.1, -0.05) is 19.9 Å². The lowest BCUT2D eigenvalue weighted by atomic mass is 10.1. The van der Waals surface area contributed by atoms with Gasteiger partial charge in [-0.3, -0.25) is 4.40 Å². The molecule has 1 fully saturated rings. The zero-order valence-corrected chi connectivity index (χ0v) is 15.7. The molecule has 0 saturated carbocycles. The number of hydrogen-bond donors (Lipinski definition) is 0. The van der Waals surface area contributed by atoms with Gasteiger partial charge in [-0.15, -0.1) is 0 Å². The summed E-state index contributed by atoms with van der Waals surface area (Å²) in [6, 6.07) is 5.90. The van der Waals surface area contributed by atoms with Crippen LogP contribution in [-0.4, -0.2) is 32.4 Å². The summed E-state index contributed by atoms with van der Waals surface area (Å²) in [6.45, 7) is 6.12. The fourth-order valence-corrected chi connectivity index (χ4v) is 3.32. The first-order chi connectivity index (χ1) is 11.8. The fraction of sp³-hybridized carbons (Fsp3) is 0.389. The second-order valence-corrected chi connectivity index (χ2v) is 6.29. The first-order valence-corrected chi connectivity index (χ1v) is 9.32. The zero-order chi connectivity index (χ0) is 16.9. The third-order valence-electron chi connectivity index (χ3n) is 4.04. The molecule has 0 aromatic carbocycles. The molecule has 24 heavy (non-hydrogen) atoms. The minimum atomic E-state index is 0.824. The minimum absolute atomic E-state index is 0.824. The number of anilines is 1. The Balaban J connectivity index is 0.000000815. The van der Waals surface area contributed by atoms with Crippen molar-refractivity contribution >= 4 is 27.4 Å². The van der Waals surface area contributed by atoms with Crippen LogP contribution in [0, 0.1) is 0 Å². The molecule has 4 rings (SSSR count). The SMILES string of the molecule is Brc1cccc(-c2cnc3c(N4CCCCC4)nccn23)n1.CC. The van der Waals surface area contributed by atoms with Gasteiger partial charge in [0.2, 0.25) is 0 Å². The lowest BCUT2D eigenvalue weighted by molar-refractivity contribution is 0.574. The number of nitrogens with zero attached hydrogens (tertiary/aromatic N) is 5. The first-order valence-electron chi connectivity index (χ1n) is 8.53. The van der Waals surface area contributed by atoms with Crippen molar-refractivity contribution < 1.29 is 0 Å². The number of fused-ring (bicyclic) bond motifs is 1. The maximum atomic E-state index is 4.60. The second-order valence-electron chi connectivity index (χ2n) is 5.48. The highest BCUT2D eigenvalue weighted by molar-refractivity contribution is 9.10. The first kappa shape index (κ1) is 16.9. The molecule has 0 spiro atoms. The van der Waals surface area contributed by atoms with Crippen LogP contribution >= 0.6 is 15.9 Å². The lowest BCUT2D eigenvalue weighted by Gasteiger charge is -2.27. The van der Waals surface area contributed by atoms with Gasteiger partial charge in [0.1, 0.15) is 4.60 Å². The van der Waals surface area contributed by atoms with E-state index < -0.39 is 0 Å². The molecular weight excluding hydrogens is 366 g/mol. The van der Waals surface area contributed by atoms with Crippen molar-refractivity contribution in [1.82, 2.24) is 19.4 Å². The average molecular weight is 388 g/mol. The Morgan fingerprint density at radius 2 is 1.83 bits per heavy atom. The summed E-state index contributed by atoms with van der Waals surface area (Å²) < 4.78 is 2.90. The Kier molecular flexibility index (Phi) is 5.45. The minimum Gasteiger partial charge on any atom is -0.354 e. The van der Waals surface area contributed by atoms with Crippen molar-refractivity contribution in [1.29, 1.82) is 0 Å². The Hall–Kier alpha value is -1.95. The fourth-order valence-electron chi connectivity index (χ4n) is 2.97. The Bertz CT molecular complexity index is 808. The number of piperidine rings is 1. The molecule has 1 aliphatic heterocycles. The summed E-state index contributed by atoms with van der Waals surface area (Å²) in [7, 11) is 0. The highest BCUT2D eigenvalue weighted by Gasteiger charge is 2.18. The van der Waals surface area contributed by atoms with E-state index in [0.29, 0.717) is 0 Å². The number of hydrogen-bond acceptors (Lipinski definition) is 4. The van der Waals surface area contributed by atoms with Crippen molar-refractivity contribution in [3.63, 3.8) is 0 Å². The molecule has 126 valence electrons. The monoisotopic (exact) mass is 387 g/mol. The molecule has 3 aromatic heterocycles. The summed E-state index contributed by atoms with van der Waals surface area (Å²) in [5.74, 6) is 0.975. The largest absolute Gasteiger partial charge is 0.354 e. The molecule has 0 bridgehead atoms. The van der Waals surface area contributed by atoms with Crippen LogP contribution in [0.4, 0.5) is 5.82 Å². The molecular formula is C18H22BrN5. The highest BCUT2D eigenvalue weighted by Crippen LogP contribution is 2.26. The molecule has 0 radical (unpaired) electrons. The topological polar surface area (TPSA) is 46.3 Å². The van der Waals surface area contributed by atoms with Crippen LogP contribution in [-0.2, 0) is 0 Å². The molecule has 3 aromatic rings. The molecule has 6 heteroatoms. The zero-order valence-electron chi connectivity index (χ0n) is 14.1. The highest BCUT2D eigenvalue weighted by atomic mass is 79.9. The average Bonchev–Trinajstić information content (AvgIpc) is 3.08. The molecule has 0 atom stereocenters. The molecule has 5 nitrogen and oxygen atoms in total. The van der Waals surface area contributed by atoms with E-state index in [1.165, 1.54) is 19.3 Å². The standard InChI is InChI=1S/C16H16BrN5.C2H6/c17-14-6-4-5-12(20-14)13-11-19-16-15(18-7-10-22(13)16)21-8-2-1-3-9-21;1-2/h4-7,10-11H,1-3,8-9H2;1-2H3. The predicted octanol–water partition coefficient (Wildman–Crippen LogP) is 4.57. The van der Waals surface area contributed by atoms with E-state index in [1.54, 1.807) is 0 Å². The number of pyridine rings is 1. The molecule has 0 amide bonds. The summed E-state index contributed by atoms with van der Waals surface area (Å²) in [5.41, 5.74) is 2.79. The normalized spacial score (nSPS) is 14.4. The van der Waals surface area contributed by atoms with Crippen molar-refractivity contribution in [2.75, 3.05) is 18.0 Å². The summed E-state index contributed by atoms with van der Waals surface area (Å²) in [4.78, 5) is 16.0. The summed E-state index contributed by atoms with van der Waals surface area (Å²) in [5, 5.41) is 0. The maximum Gasteiger partial charge on any atom is 0.180 e. The third kappa shape index (κ3) is 3.29. The predicted molar refractivity (Wildman–Crippen MR) is 101 cm³/mol. The van der Waals surface area contributed by atoms with Gasteiger partial charge in [0.15, 0.2) is 11.5 Å². The van der Waals surface area contributed by atoms with E-state index in [4.69, 9.17) is 0 Å². The molecule has 4 heterocycles. The lowest BCUT2D eigenvalue weighted by Crippen LogP contribution is -2.30. The van der Waals surface area contributed by atoms with Crippen molar-refractivity contribution in [3.05, 3.63) is 41.4 Å². The Morgan fingerprint density at radius 1 is 1.04 bits per heavy atom. The van der Waals surface area contributed by atoms with Gasteiger partial charge in [-0.2, -0.15) is 0 Å². The molecule has 0 N–H and O–H groups in total. The molecule has 0 unspecified atom stereocenters. The van der Waals surface area contributed by atoms with Crippen molar-refractivity contribution in [3.8, 4) is 11.4 Å². The van der Waals surface area contributed by atoms with E-state index in [0.717, 1.165) is 40.5 Å². The van der Waals surface area contributed by atoms with Gasteiger partial charge in [0.05, 0.1) is 17.6 Å². The van der Waals surface area contributed by atoms with Crippen LogP contribution in [0.25, 0.3) is 17.0 Å². The molecule has 1 saturated heterocycles. The van der Waals surface area contributed by atoms with Gasteiger partial charge >= 0.3 is 0 Å². The van der Waals surface area contributed by atoms with Crippen LogP contribution in [0.2, 0.25) is 0 Å². The van der Waals surface area contributed by atoms with Gasteiger partial charge in [0.25, 0.3) is 0 Å². The van der Waals surface area contributed by atoms with Crippen LogP contribution in [0.3, 0.4) is 0 Å². The van der Waals surface area contributed by atoms with Crippen molar-refractivity contribution in [2.45, 2.75) is 33.1 Å². The summed E-state index contributed by atoms with van der Waals surface area (Å²) in [6.07, 6.45) is 9.43. The summed E-state index contributed by atoms with van der Waals surface area (Å²) >= 11 is 3.43. The third-order valence-corrected chi connectivity index (χ3v) is 4.48. The van der Waals surface area contributed by atoms with Gasteiger partial charge in [-0.05, 0) is 47.3 Å². The van der Waals surface area contributed by atoms with Crippen LogP contribution in [0.5, 0.6) is 0 Å². The van der Waals surface area contributed by atoms with Gasteiger partial charge in [-0.25, -0.2) is 15.0 Å². The van der Waals surface area contributed by atoms with Crippen LogP contribution in [0.1, 0.15) is 33.1 Å². The van der Waals surface area contributed by atoms with Crippen LogP contribution in [0.15, 0.2) is 41.4 Å².